The van der Waals surface area contributed by atoms with Gasteiger partial charge in [0, 0.05) is 52.0 Å². The van der Waals surface area contributed by atoms with E-state index in [1.165, 1.54) is 0 Å². The smallest absolute Gasteiger partial charge is 0.229 e. The zero-order valence-corrected chi connectivity index (χ0v) is 11.3. The molecular weight excluding hydrogens is 262 g/mol. The highest BCUT2D eigenvalue weighted by atomic mass is 16.2. The molecule has 1 fully saturated rings. The summed E-state index contributed by atoms with van der Waals surface area (Å²) >= 11 is 0. The van der Waals surface area contributed by atoms with Crippen LogP contribution in [-0.4, -0.2) is 50.7 Å². The molecule has 2 rings (SSSR count). The van der Waals surface area contributed by atoms with E-state index in [1.807, 2.05) is 0 Å². The van der Waals surface area contributed by atoms with Crippen LogP contribution in [0.5, 0.6) is 0 Å². The summed E-state index contributed by atoms with van der Waals surface area (Å²) in [4.78, 5) is 35.5. The summed E-state index contributed by atoms with van der Waals surface area (Å²) in [6.45, 7) is 0.619. The largest absolute Gasteiger partial charge is 0.356 e. The zero-order chi connectivity index (χ0) is 14.5. The Morgan fingerprint density at radius 2 is 2.05 bits per heavy atom. The summed E-state index contributed by atoms with van der Waals surface area (Å²) in [7, 11) is 1.78. The molecule has 0 aliphatic carbocycles. The van der Waals surface area contributed by atoms with Crippen LogP contribution in [0.15, 0.2) is 6.20 Å². The predicted molar refractivity (Wildman–Crippen MR) is 68.3 cm³/mol. The molecule has 20 heavy (non-hydrogen) atoms. The molecule has 0 atom stereocenters. The van der Waals surface area contributed by atoms with Crippen molar-refractivity contribution in [2.45, 2.75) is 25.7 Å². The van der Waals surface area contributed by atoms with Crippen molar-refractivity contribution >= 4 is 17.7 Å². The number of carbonyl (C=O) groups excluding carboxylic acids is 3. The van der Waals surface area contributed by atoms with Crippen LogP contribution in [0.2, 0.25) is 0 Å². The van der Waals surface area contributed by atoms with Crippen molar-refractivity contribution in [3.63, 3.8) is 0 Å². The van der Waals surface area contributed by atoms with Crippen LogP contribution in [0.25, 0.3) is 0 Å². The highest BCUT2D eigenvalue weighted by Gasteiger charge is 2.28. The van der Waals surface area contributed by atoms with Crippen molar-refractivity contribution in [3.05, 3.63) is 11.9 Å². The van der Waals surface area contributed by atoms with Crippen molar-refractivity contribution in [3.8, 4) is 0 Å². The van der Waals surface area contributed by atoms with Crippen LogP contribution in [0, 0.1) is 0 Å². The molecule has 1 aliphatic rings. The Morgan fingerprint density at radius 1 is 1.35 bits per heavy atom. The van der Waals surface area contributed by atoms with Crippen LogP contribution in [0.4, 0.5) is 0 Å². The first kappa shape index (κ1) is 14.2. The van der Waals surface area contributed by atoms with Gasteiger partial charge >= 0.3 is 0 Å². The lowest BCUT2D eigenvalue weighted by Gasteiger charge is -2.13. The van der Waals surface area contributed by atoms with E-state index in [0.717, 1.165) is 10.6 Å². The minimum atomic E-state index is -0.192. The lowest BCUT2D eigenvalue weighted by molar-refractivity contribution is -0.138. The Hall–Kier alpha value is -2.25. The van der Waals surface area contributed by atoms with Gasteiger partial charge in [-0.1, -0.05) is 5.21 Å². The number of nitrogens with zero attached hydrogens (tertiary/aromatic N) is 4. The quantitative estimate of drug-likeness (QED) is 0.675. The first-order valence-corrected chi connectivity index (χ1v) is 6.51. The lowest BCUT2D eigenvalue weighted by atomic mass is 10.3. The Morgan fingerprint density at radius 3 is 2.65 bits per heavy atom. The molecule has 3 amide bonds. The number of nitrogens with one attached hydrogen (secondary N) is 1. The summed E-state index contributed by atoms with van der Waals surface area (Å²) in [5.74, 6) is -0.564. The third-order valence-corrected chi connectivity index (χ3v) is 3.07. The van der Waals surface area contributed by atoms with E-state index in [0.29, 0.717) is 13.0 Å². The first-order chi connectivity index (χ1) is 9.56. The molecule has 1 saturated heterocycles. The molecule has 8 heteroatoms. The Kier molecular flexibility index (Phi) is 4.44. The van der Waals surface area contributed by atoms with Gasteiger partial charge in [0.1, 0.15) is 0 Å². The maximum Gasteiger partial charge on any atom is 0.229 e. The molecule has 1 aromatic heterocycles. The van der Waals surface area contributed by atoms with Gasteiger partial charge in [-0.15, -0.1) is 5.10 Å². The van der Waals surface area contributed by atoms with Crippen LogP contribution in [0.3, 0.4) is 0 Å². The molecule has 0 aromatic carbocycles. The number of aryl methyl sites for hydroxylation is 1. The minimum Gasteiger partial charge on any atom is -0.356 e. The van der Waals surface area contributed by atoms with E-state index in [9.17, 15) is 14.4 Å². The fourth-order valence-corrected chi connectivity index (χ4v) is 2.01. The van der Waals surface area contributed by atoms with Gasteiger partial charge in [0.05, 0.1) is 5.69 Å². The van der Waals surface area contributed by atoms with Gasteiger partial charge in [-0.2, -0.15) is 0 Å². The standard InChI is InChI=1S/C12H17N5O3/c1-16-8-9(14-15-16)4-6-13-10(18)5-7-17-11(19)2-3-12(17)20/h8H,2-7H2,1H3,(H,13,18). The average molecular weight is 279 g/mol. The molecule has 1 aromatic rings. The predicted octanol–water partition coefficient (Wildman–Crippen LogP) is -0.987. The molecule has 0 bridgehead atoms. The van der Waals surface area contributed by atoms with Crippen LogP contribution in [-0.2, 0) is 27.9 Å². The van der Waals surface area contributed by atoms with Crippen LogP contribution in [0.1, 0.15) is 25.0 Å². The van der Waals surface area contributed by atoms with Gasteiger partial charge in [0.2, 0.25) is 17.7 Å². The van der Waals surface area contributed by atoms with E-state index in [-0.39, 0.29) is 43.5 Å². The van der Waals surface area contributed by atoms with Crippen molar-refractivity contribution in [2.75, 3.05) is 13.1 Å². The lowest BCUT2D eigenvalue weighted by Crippen LogP contribution is -2.34. The number of imide groups is 1. The molecule has 1 aliphatic heterocycles. The maximum atomic E-state index is 11.6. The van der Waals surface area contributed by atoms with E-state index >= 15 is 0 Å². The maximum absolute atomic E-state index is 11.6. The van der Waals surface area contributed by atoms with Gasteiger partial charge in [0.25, 0.3) is 0 Å². The van der Waals surface area contributed by atoms with Crippen molar-refractivity contribution in [2.24, 2.45) is 7.05 Å². The molecular formula is C12H17N5O3. The highest BCUT2D eigenvalue weighted by Crippen LogP contribution is 2.11. The molecule has 108 valence electrons. The second kappa shape index (κ2) is 6.27. The fourth-order valence-electron chi connectivity index (χ4n) is 2.01. The topological polar surface area (TPSA) is 97.2 Å². The van der Waals surface area contributed by atoms with Gasteiger partial charge in [-0.3, -0.25) is 24.0 Å². The number of aromatic nitrogens is 3. The summed E-state index contributed by atoms with van der Waals surface area (Å²) in [6.07, 6.45) is 3.03. The fraction of sp³-hybridized carbons (Fsp3) is 0.583. The first-order valence-electron chi connectivity index (χ1n) is 6.51. The number of hydrogen-bond donors (Lipinski definition) is 1. The molecule has 0 saturated carbocycles. The van der Waals surface area contributed by atoms with E-state index in [4.69, 9.17) is 0 Å². The second-order valence-electron chi connectivity index (χ2n) is 4.67. The molecule has 0 unspecified atom stereocenters. The Bertz CT molecular complexity index is 509. The van der Waals surface area contributed by atoms with Gasteiger partial charge < -0.3 is 5.32 Å². The SMILES string of the molecule is Cn1cc(CCNC(=O)CCN2C(=O)CCC2=O)nn1. The minimum absolute atomic E-state index is 0.137. The number of rotatable bonds is 6. The van der Waals surface area contributed by atoms with Crippen LogP contribution >= 0.6 is 0 Å². The zero-order valence-electron chi connectivity index (χ0n) is 11.3. The molecule has 0 radical (unpaired) electrons. The van der Waals surface area contributed by atoms with E-state index in [1.54, 1.807) is 17.9 Å². The monoisotopic (exact) mass is 279 g/mol. The van der Waals surface area contributed by atoms with E-state index < -0.39 is 0 Å². The summed E-state index contributed by atoms with van der Waals surface area (Å²) in [6, 6.07) is 0. The van der Waals surface area contributed by atoms with Gasteiger partial charge in [-0.05, 0) is 0 Å². The molecule has 0 spiro atoms. The van der Waals surface area contributed by atoms with Crippen molar-refractivity contribution < 1.29 is 14.4 Å². The summed E-state index contributed by atoms with van der Waals surface area (Å²) < 4.78 is 1.60. The van der Waals surface area contributed by atoms with Gasteiger partial charge in [-0.25, -0.2) is 0 Å². The number of hydrogen-bond acceptors (Lipinski definition) is 5. The van der Waals surface area contributed by atoms with Gasteiger partial charge in [0.15, 0.2) is 0 Å². The molecule has 1 N–H and O–H groups in total. The molecule has 8 nitrogen and oxygen atoms in total. The number of amides is 3. The number of carbonyl (C=O) groups is 3. The third kappa shape index (κ3) is 3.62. The van der Waals surface area contributed by atoms with Crippen molar-refractivity contribution in [1.29, 1.82) is 0 Å². The Labute approximate surface area is 116 Å². The summed E-state index contributed by atoms with van der Waals surface area (Å²) in [5, 5.41) is 10.4. The van der Waals surface area contributed by atoms with Crippen molar-refractivity contribution in [1.82, 2.24) is 25.2 Å². The van der Waals surface area contributed by atoms with E-state index in [2.05, 4.69) is 15.6 Å². The second-order valence-corrected chi connectivity index (χ2v) is 4.67. The average Bonchev–Trinajstić information content (AvgIpc) is 2.95. The highest BCUT2D eigenvalue weighted by molar-refractivity contribution is 6.02. The Balaban J connectivity index is 1.65. The third-order valence-electron chi connectivity index (χ3n) is 3.07. The summed E-state index contributed by atoms with van der Waals surface area (Å²) in [5.41, 5.74) is 0.803. The normalized spacial score (nSPS) is 14.9. The number of likely N-dealkylation sites (tertiary alicyclic amines) is 1. The molecule has 2 heterocycles. The van der Waals surface area contributed by atoms with Crippen LogP contribution < -0.4 is 5.32 Å².